The van der Waals surface area contributed by atoms with E-state index in [1.54, 1.807) is 0 Å². The van der Waals surface area contributed by atoms with Crippen LogP contribution in [0.5, 0.6) is 0 Å². The SMILES string of the molecule is CCN(CC)C(=O)C[Te](Br)(Br)c1cccc2ccccc12. The first-order valence-electron chi connectivity index (χ1n) is 6.95. The van der Waals surface area contributed by atoms with Crippen LogP contribution in [-0.4, -0.2) is 37.7 Å². The van der Waals surface area contributed by atoms with Gasteiger partial charge >= 0.3 is 143 Å². The summed E-state index contributed by atoms with van der Waals surface area (Å²) >= 11 is 5.03. The number of amides is 1. The van der Waals surface area contributed by atoms with E-state index in [0.717, 1.165) is 13.1 Å². The van der Waals surface area contributed by atoms with Crippen LogP contribution in [0.3, 0.4) is 0 Å². The average molecular weight is 529 g/mol. The third-order valence-corrected chi connectivity index (χ3v) is 15.8. The molecular weight excluding hydrogens is 510 g/mol. The van der Waals surface area contributed by atoms with Gasteiger partial charge in [-0.1, -0.05) is 0 Å². The van der Waals surface area contributed by atoms with Gasteiger partial charge < -0.3 is 0 Å². The molecule has 0 radical (unpaired) electrons. The molecule has 2 nitrogen and oxygen atoms in total. The van der Waals surface area contributed by atoms with E-state index in [2.05, 4.69) is 61.9 Å². The molecule has 0 aromatic heterocycles. The van der Waals surface area contributed by atoms with Gasteiger partial charge in [-0.15, -0.1) is 0 Å². The van der Waals surface area contributed by atoms with Crippen LogP contribution in [0, 0.1) is 0 Å². The van der Waals surface area contributed by atoms with Gasteiger partial charge in [0, 0.05) is 0 Å². The third-order valence-electron chi connectivity index (χ3n) is 3.49. The zero-order valence-corrected chi connectivity index (χ0v) is 17.7. The second kappa shape index (κ2) is 7.46. The normalized spacial score (nSPS) is 12.4. The molecule has 0 aliphatic carbocycles. The minimum atomic E-state index is -2.77. The number of rotatable bonds is 5. The van der Waals surface area contributed by atoms with Gasteiger partial charge in [-0.3, -0.25) is 0 Å². The van der Waals surface area contributed by atoms with E-state index in [-0.39, 0.29) is 5.91 Å². The molecule has 1 amide bonds. The summed E-state index contributed by atoms with van der Waals surface area (Å²) in [6.45, 7) is 5.58. The van der Waals surface area contributed by atoms with Crippen molar-refractivity contribution < 1.29 is 4.79 Å². The maximum atomic E-state index is 12.4. The number of halogens is 2. The van der Waals surface area contributed by atoms with Gasteiger partial charge in [0.15, 0.2) is 0 Å². The molecule has 0 aliphatic heterocycles. The van der Waals surface area contributed by atoms with Gasteiger partial charge in [-0.2, -0.15) is 0 Å². The van der Waals surface area contributed by atoms with Crippen LogP contribution in [0.15, 0.2) is 42.5 Å². The fraction of sp³-hybridized carbons (Fsp3) is 0.312. The van der Waals surface area contributed by atoms with Crippen molar-refractivity contribution in [3.8, 4) is 0 Å². The van der Waals surface area contributed by atoms with Gasteiger partial charge in [0.2, 0.25) is 0 Å². The van der Waals surface area contributed by atoms with Gasteiger partial charge in [0.25, 0.3) is 0 Å². The second-order valence-electron chi connectivity index (χ2n) is 4.76. The summed E-state index contributed by atoms with van der Waals surface area (Å²) in [5, 5.41) is 2.46. The van der Waals surface area contributed by atoms with Crippen molar-refractivity contribution in [2.75, 3.05) is 13.1 Å². The fourth-order valence-corrected chi connectivity index (χ4v) is 12.9. The van der Waals surface area contributed by atoms with Crippen LogP contribution in [0.4, 0.5) is 0 Å². The van der Waals surface area contributed by atoms with Crippen LogP contribution in [0.2, 0.25) is 4.47 Å². The zero-order valence-electron chi connectivity index (χ0n) is 12.2. The third kappa shape index (κ3) is 4.01. The Hall–Kier alpha value is -0.0804. The van der Waals surface area contributed by atoms with Crippen molar-refractivity contribution in [1.82, 2.24) is 4.90 Å². The Labute approximate surface area is 142 Å². The number of nitrogens with zero attached hydrogens (tertiary/aromatic N) is 1. The molecule has 0 aliphatic rings. The van der Waals surface area contributed by atoms with E-state index in [1.165, 1.54) is 14.4 Å². The van der Waals surface area contributed by atoms with Crippen molar-refractivity contribution in [1.29, 1.82) is 0 Å². The molecule has 0 bridgehead atoms. The summed E-state index contributed by atoms with van der Waals surface area (Å²) in [6.07, 6.45) is 0. The molecule has 0 spiro atoms. The molecule has 2 aromatic rings. The van der Waals surface area contributed by atoms with Crippen LogP contribution in [-0.2, 0) is 4.79 Å². The second-order valence-corrected chi connectivity index (χ2v) is 30.8. The van der Waals surface area contributed by atoms with Crippen molar-refractivity contribution in [3.05, 3.63) is 42.5 Å². The first-order chi connectivity index (χ1) is 9.99. The van der Waals surface area contributed by atoms with E-state index in [1.807, 2.05) is 24.8 Å². The predicted octanol–water partition coefficient (Wildman–Crippen LogP) is 4.15. The molecule has 0 atom stereocenters. The maximum absolute atomic E-state index is 12.4. The topological polar surface area (TPSA) is 20.3 Å². The van der Waals surface area contributed by atoms with E-state index < -0.39 is 13.8 Å². The first-order valence-corrected chi connectivity index (χ1v) is 20.2. The zero-order chi connectivity index (χ0) is 15.5. The predicted molar refractivity (Wildman–Crippen MR) is 99.9 cm³/mol. The molecule has 5 heteroatoms. The molecule has 0 fully saturated rings. The Morgan fingerprint density at radius 3 is 2.33 bits per heavy atom. The minimum absolute atomic E-state index is 0.225. The number of carbonyl (C=O) groups is 1. The molecule has 114 valence electrons. The number of hydrogen-bond acceptors (Lipinski definition) is 1. The van der Waals surface area contributed by atoms with Gasteiger partial charge in [0.05, 0.1) is 0 Å². The monoisotopic (exact) mass is 529 g/mol. The number of benzene rings is 2. The quantitative estimate of drug-likeness (QED) is 0.534. The summed E-state index contributed by atoms with van der Waals surface area (Å²) in [7, 11) is 0. The van der Waals surface area contributed by atoms with Crippen molar-refractivity contribution in [3.63, 3.8) is 0 Å². The van der Waals surface area contributed by atoms with E-state index in [9.17, 15) is 4.79 Å². The van der Waals surface area contributed by atoms with Gasteiger partial charge in [-0.05, 0) is 0 Å². The Kier molecular flexibility index (Phi) is 6.14. The molecular formula is C16H19Br2NOTe. The number of carbonyl (C=O) groups excluding carboxylic acids is 1. The molecule has 0 heterocycles. The van der Waals surface area contributed by atoms with Gasteiger partial charge in [0.1, 0.15) is 0 Å². The van der Waals surface area contributed by atoms with E-state index in [4.69, 9.17) is 0 Å². The Morgan fingerprint density at radius 1 is 1.05 bits per heavy atom. The summed E-state index contributed by atoms with van der Waals surface area (Å²) in [4.78, 5) is 14.3. The van der Waals surface area contributed by atoms with Crippen LogP contribution in [0.1, 0.15) is 13.8 Å². The molecule has 0 N–H and O–H groups in total. The van der Waals surface area contributed by atoms with Crippen LogP contribution >= 0.6 is 25.5 Å². The molecule has 21 heavy (non-hydrogen) atoms. The standard InChI is InChI=1S/C16H19Br2NOTe/c1-3-19(4-2)16(20)12-21(17,18)15-11-7-9-13-8-5-6-10-14(13)15/h5-11H,3-4,12H2,1-2H3. The Morgan fingerprint density at radius 2 is 1.67 bits per heavy atom. The van der Waals surface area contributed by atoms with Crippen LogP contribution in [0.25, 0.3) is 10.8 Å². The average Bonchev–Trinajstić information content (AvgIpc) is 2.47. The Bertz CT molecular complexity index is 636. The molecule has 0 saturated heterocycles. The fourth-order valence-electron chi connectivity index (χ4n) is 2.36. The molecule has 0 unspecified atom stereocenters. The number of fused-ring (bicyclic) bond motifs is 1. The summed E-state index contributed by atoms with van der Waals surface area (Å²) < 4.78 is 1.84. The van der Waals surface area contributed by atoms with Crippen molar-refractivity contribution >= 4 is 59.6 Å². The summed E-state index contributed by atoms with van der Waals surface area (Å²) in [5.74, 6) is 0.225. The summed E-state index contributed by atoms with van der Waals surface area (Å²) in [5.41, 5.74) is 0. The van der Waals surface area contributed by atoms with Crippen molar-refractivity contribution in [2.45, 2.75) is 18.3 Å². The van der Waals surface area contributed by atoms with E-state index >= 15 is 0 Å². The summed E-state index contributed by atoms with van der Waals surface area (Å²) in [6, 6.07) is 14.7. The Balaban J connectivity index is 2.35. The van der Waals surface area contributed by atoms with Crippen LogP contribution < -0.4 is 3.61 Å². The molecule has 2 rings (SSSR count). The van der Waals surface area contributed by atoms with Crippen molar-refractivity contribution in [2.24, 2.45) is 0 Å². The molecule has 2 aromatic carbocycles. The van der Waals surface area contributed by atoms with Gasteiger partial charge in [-0.25, -0.2) is 0 Å². The number of hydrogen-bond donors (Lipinski definition) is 0. The first kappa shape index (κ1) is 17.3. The molecule has 0 saturated carbocycles. The van der Waals surface area contributed by atoms with E-state index in [0.29, 0.717) is 4.47 Å².